The minimum atomic E-state index is 0.0381. The molecule has 3 N–H and O–H groups in total. The number of nitrogens with zero attached hydrogens (tertiary/aromatic N) is 1. The molecule has 1 atom stereocenters. The predicted octanol–water partition coefficient (Wildman–Crippen LogP) is 1.03. The van der Waals surface area contributed by atoms with Gasteiger partial charge in [0, 0.05) is 24.8 Å². The molecule has 0 aromatic heterocycles. The van der Waals surface area contributed by atoms with Crippen LogP contribution in [0.4, 0.5) is 5.69 Å². The van der Waals surface area contributed by atoms with E-state index in [1.54, 1.807) is 0 Å². The van der Waals surface area contributed by atoms with E-state index < -0.39 is 0 Å². The number of amides is 1. The quantitative estimate of drug-likeness (QED) is 0.820. The maximum Gasteiger partial charge on any atom is 0.239 e. The first kappa shape index (κ1) is 11.9. The Labute approximate surface area is 102 Å². The second-order valence-electron chi connectivity index (χ2n) is 4.35. The molecule has 1 fully saturated rings. The molecule has 0 radical (unpaired) electrons. The lowest BCUT2D eigenvalue weighted by Crippen LogP contribution is -2.48. The monoisotopic (exact) mass is 233 g/mol. The molecule has 1 saturated heterocycles. The number of nitrogens with one attached hydrogen (secondary N) is 1. The fourth-order valence-electron chi connectivity index (χ4n) is 2.15. The molecule has 1 heterocycles. The van der Waals surface area contributed by atoms with Crippen molar-refractivity contribution in [3.8, 4) is 0 Å². The molecule has 1 aliphatic rings. The maximum atomic E-state index is 11.4. The summed E-state index contributed by atoms with van der Waals surface area (Å²) in [6.07, 6.45) is 0.900. The van der Waals surface area contributed by atoms with E-state index in [1.807, 2.05) is 18.2 Å². The van der Waals surface area contributed by atoms with E-state index in [-0.39, 0.29) is 11.9 Å². The summed E-state index contributed by atoms with van der Waals surface area (Å²) in [7, 11) is 0. The number of hydrogen-bond donors (Lipinski definition) is 2. The lowest BCUT2D eigenvalue weighted by molar-refractivity contribution is -0.120. The molecule has 1 unspecified atom stereocenters. The van der Waals surface area contributed by atoms with Crippen molar-refractivity contribution in [3.05, 3.63) is 29.8 Å². The highest BCUT2D eigenvalue weighted by molar-refractivity contribution is 5.83. The van der Waals surface area contributed by atoms with Crippen LogP contribution in [0.3, 0.4) is 0 Å². The van der Waals surface area contributed by atoms with E-state index in [9.17, 15) is 4.79 Å². The van der Waals surface area contributed by atoms with Gasteiger partial charge in [-0.05, 0) is 18.1 Å². The second kappa shape index (κ2) is 5.19. The van der Waals surface area contributed by atoms with Crippen molar-refractivity contribution in [2.24, 2.45) is 5.73 Å². The van der Waals surface area contributed by atoms with Crippen LogP contribution in [0, 0.1) is 0 Å². The number of rotatable bonds is 3. The van der Waals surface area contributed by atoms with Crippen molar-refractivity contribution in [2.75, 3.05) is 24.5 Å². The Balaban J connectivity index is 2.27. The molecule has 0 aliphatic carbocycles. The highest BCUT2D eigenvalue weighted by Crippen LogP contribution is 2.26. The molecule has 0 saturated carbocycles. The summed E-state index contributed by atoms with van der Waals surface area (Å²) in [5.41, 5.74) is 8.33. The van der Waals surface area contributed by atoms with Crippen molar-refractivity contribution in [1.29, 1.82) is 0 Å². The largest absolute Gasteiger partial charge is 0.360 e. The lowest BCUT2D eigenvalue weighted by atomic mass is 10.0. The third-order valence-corrected chi connectivity index (χ3v) is 3.16. The Morgan fingerprint density at radius 2 is 2.24 bits per heavy atom. The van der Waals surface area contributed by atoms with Gasteiger partial charge >= 0.3 is 0 Å². The average Bonchev–Trinajstić information content (AvgIpc) is 2.38. The second-order valence-corrected chi connectivity index (χ2v) is 4.35. The van der Waals surface area contributed by atoms with E-state index in [0.717, 1.165) is 24.2 Å². The number of para-hydroxylation sites is 1. The number of anilines is 1. The normalized spacial score (nSPS) is 17.8. The summed E-state index contributed by atoms with van der Waals surface area (Å²) >= 11 is 0. The van der Waals surface area contributed by atoms with E-state index >= 15 is 0 Å². The lowest BCUT2D eigenvalue weighted by Gasteiger charge is -2.31. The molecule has 2 rings (SSSR count). The van der Waals surface area contributed by atoms with Crippen molar-refractivity contribution in [3.63, 3.8) is 0 Å². The fraction of sp³-hybridized carbons (Fsp3) is 0.462. The first-order valence-corrected chi connectivity index (χ1v) is 6.08. The first-order valence-electron chi connectivity index (χ1n) is 6.08. The molecule has 92 valence electrons. The molecule has 0 bridgehead atoms. The average molecular weight is 233 g/mol. The van der Waals surface area contributed by atoms with Crippen molar-refractivity contribution in [1.82, 2.24) is 5.32 Å². The SMILES string of the molecule is CCC(N)c1ccccc1N1CCNC(=O)C1. The number of hydrogen-bond acceptors (Lipinski definition) is 3. The molecule has 4 heteroatoms. The van der Waals surface area contributed by atoms with Gasteiger partial charge in [0.15, 0.2) is 0 Å². The van der Waals surface area contributed by atoms with Gasteiger partial charge in [-0.25, -0.2) is 0 Å². The van der Waals surface area contributed by atoms with E-state index in [4.69, 9.17) is 5.73 Å². The van der Waals surface area contributed by atoms with E-state index in [0.29, 0.717) is 13.1 Å². The summed E-state index contributed by atoms with van der Waals surface area (Å²) in [5.74, 6) is 0.0797. The third-order valence-electron chi connectivity index (χ3n) is 3.16. The topological polar surface area (TPSA) is 58.4 Å². The summed E-state index contributed by atoms with van der Waals surface area (Å²) < 4.78 is 0. The van der Waals surface area contributed by atoms with E-state index in [1.165, 1.54) is 0 Å². The Bertz CT molecular complexity index is 405. The van der Waals surface area contributed by atoms with Crippen LogP contribution in [0.5, 0.6) is 0 Å². The highest BCUT2D eigenvalue weighted by atomic mass is 16.2. The minimum Gasteiger partial charge on any atom is -0.360 e. The number of piperazine rings is 1. The zero-order valence-electron chi connectivity index (χ0n) is 10.1. The van der Waals surface area contributed by atoms with Gasteiger partial charge in [0.1, 0.15) is 0 Å². The molecule has 1 aromatic carbocycles. The van der Waals surface area contributed by atoms with Crippen LogP contribution in [0.25, 0.3) is 0 Å². The minimum absolute atomic E-state index is 0.0381. The predicted molar refractivity (Wildman–Crippen MR) is 68.9 cm³/mol. The van der Waals surface area contributed by atoms with Crippen LogP contribution in [0.1, 0.15) is 24.9 Å². The van der Waals surface area contributed by atoms with Gasteiger partial charge in [-0.1, -0.05) is 25.1 Å². The summed E-state index contributed by atoms with van der Waals surface area (Å²) in [5, 5.41) is 2.83. The number of nitrogens with two attached hydrogens (primary N) is 1. The van der Waals surface area contributed by atoms with Gasteiger partial charge in [-0.3, -0.25) is 4.79 Å². The fourth-order valence-corrected chi connectivity index (χ4v) is 2.15. The summed E-state index contributed by atoms with van der Waals surface area (Å²) in [6.45, 7) is 4.05. The Hall–Kier alpha value is -1.55. The smallest absolute Gasteiger partial charge is 0.239 e. The number of carbonyl (C=O) groups excluding carboxylic acids is 1. The zero-order chi connectivity index (χ0) is 12.3. The molecule has 1 aromatic rings. The summed E-state index contributed by atoms with van der Waals surface area (Å²) in [6, 6.07) is 8.13. The van der Waals surface area contributed by atoms with Gasteiger partial charge in [0.25, 0.3) is 0 Å². The molecule has 17 heavy (non-hydrogen) atoms. The van der Waals surface area contributed by atoms with Crippen molar-refractivity contribution >= 4 is 11.6 Å². The zero-order valence-corrected chi connectivity index (χ0v) is 10.1. The molecule has 0 spiro atoms. The van der Waals surface area contributed by atoms with Crippen LogP contribution in [0.2, 0.25) is 0 Å². The van der Waals surface area contributed by atoms with E-state index in [2.05, 4.69) is 23.2 Å². The number of benzene rings is 1. The maximum absolute atomic E-state index is 11.4. The van der Waals surface area contributed by atoms with Crippen molar-refractivity contribution < 1.29 is 4.79 Å². The van der Waals surface area contributed by atoms with Crippen LogP contribution < -0.4 is 16.0 Å². The van der Waals surface area contributed by atoms with Gasteiger partial charge in [0.05, 0.1) is 6.54 Å². The van der Waals surface area contributed by atoms with Gasteiger partial charge in [0.2, 0.25) is 5.91 Å². The molecular formula is C13H19N3O. The van der Waals surface area contributed by atoms with Gasteiger partial charge < -0.3 is 16.0 Å². The third kappa shape index (κ3) is 2.58. The molecular weight excluding hydrogens is 214 g/mol. The highest BCUT2D eigenvalue weighted by Gasteiger charge is 2.20. The molecule has 1 aliphatic heterocycles. The van der Waals surface area contributed by atoms with Crippen LogP contribution in [-0.4, -0.2) is 25.5 Å². The van der Waals surface area contributed by atoms with Crippen LogP contribution in [0.15, 0.2) is 24.3 Å². The number of carbonyl (C=O) groups is 1. The Morgan fingerprint density at radius 3 is 2.94 bits per heavy atom. The summed E-state index contributed by atoms with van der Waals surface area (Å²) in [4.78, 5) is 13.5. The Kier molecular flexibility index (Phi) is 3.64. The first-order chi connectivity index (χ1) is 8.22. The standard InChI is InChI=1S/C13H19N3O/c1-2-11(14)10-5-3-4-6-12(10)16-8-7-15-13(17)9-16/h3-6,11H,2,7-9,14H2,1H3,(H,15,17). The van der Waals surface area contributed by atoms with Crippen LogP contribution in [-0.2, 0) is 4.79 Å². The molecule has 1 amide bonds. The van der Waals surface area contributed by atoms with Gasteiger partial charge in [-0.2, -0.15) is 0 Å². The van der Waals surface area contributed by atoms with Gasteiger partial charge in [-0.15, -0.1) is 0 Å². The van der Waals surface area contributed by atoms with Crippen molar-refractivity contribution in [2.45, 2.75) is 19.4 Å². The molecule has 4 nitrogen and oxygen atoms in total. The Morgan fingerprint density at radius 1 is 1.47 bits per heavy atom. The van der Waals surface area contributed by atoms with Crippen LogP contribution >= 0.6 is 0 Å².